The van der Waals surface area contributed by atoms with Crippen molar-refractivity contribution < 1.29 is 26.0 Å². The first-order valence-corrected chi connectivity index (χ1v) is 15.5. The summed E-state index contributed by atoms with van der Waals surface area (Å²) in [5.74, 6) is -1.83. The molecule has 0 amide bonds. The second-order valence-corrected chi connectivity index (χ2v) is 13.5. The standard InChI is InChI=1S/C29H37F4N5O2S/c1-5-41(39,40)36-26-8-7-21-22(23(26)14-34)11-18(2)38(17-29(3,4)33)28(21)27-24(31)12-19(13-25(27)32)35-20-15-37(16-20)10-6-9-30/h7-8,12-13,18,20,28,35-36H,5-6,9-11,15-17H2,1-4H3/t18-,28+/m1/s1. The van der Waals surface area contributed by atoms with Crippen LogP contribution >= 0.6 is 0 Å². The topological polar surface area (TPSA) is 88.5 Å². The van der Waals surface area contributed by atoms with Gasteiger partial charge >= 0.3 is 0 Å². The maximum atomic E-state index is 15.9. The number of nitriles is 1. The van der Waals surface area contributed by atoms with Gasteiger partial charge in [0.1, 0.15) is 23.4 Å². The van der Waals surface area contributed by atoms with Crippen molar-refractivity contribution in [3.8, 4) is 6.07 Å². The Morgan fingerprint density at radius 1 is 1.17 bits per heavy atom. The van der Waals surface area contributed by atoms with Crippen molar-refractivity contribution in [3.63, 3.8) is 0 Å². The summed E-state index contributed by atoms with van der Waals surface area (Å²) >= 11 is 0. The minimum Gasteiger partial charge on any atom is -0.380 e. The van der Waals surface area contributed by atoms with Crippen LogP contribution in [0.25, 0.3) is 0 Å². The van der Waals surface area contributed by atoms with E-state index in [0.29, 0.717) is 37.2 Å². The molecule has 1 saturated heterocycles. The van der Waals surface area contributed by atoms with E-state index in [1.165, 1.54) is 39.0 Å². The summed E-state index contributed by atoms with van der Waals surface area (Å²) in [5.41, 5.74) is -0.621. The summed E-state index contributed by atoms with van der Waals surface area (Å²) < 4.78 is 86.1. The molecular formula is C29H37F4N5O2S. The van der Waals surface area contributed by atoms with Crippen LogP contribution in [0.1, 0.15) is 62.4 Å². The molecule has 0 saturated carbocycles. The summed E-state index contributed by atoms with van der Waals surface area (Å²) in [5, 5.41) is 13.2. The van der Waals surface area contributed by atoms with Crippen molar-refractivity contribution in [1.82, 2.24) is 9.80 Å². The molecule has 2 N–H and O–H groups in total. The molecule has 0 spiro atoms. The van der Waals surface area contributed by atoms with Crippen LogP contribution in [0, 0.1) is 23.0 Å². The molecule has 2 heterocycles. The van der Waals surface area contributed by atoms with Crippen molar-refractivity contribution >= 4 is 21.4 Å². The molecule has 0 radical (unpaired) electrons. The van der Waals surface area contributed by atoms with E-state index in [-0.39, 0.29) is 47.3 Å². The van der Waals surface area contributed by atoms with Gasteiger partial charge in [-0.25, -0.2) is 21.6 Å². The van der Waals surface area contributed by atoms with Gasteiger partial charge in [-0.05, 0) is 69.9 Å². The van der Waals surface area contributed by atoms with Gasteiger partial charge in [0.15, 0.2) is 0 Å². The molecule has 2 aromatic carbocycles. The molecule has 12 heteroatoms. The normalized spacial score (nSPS) is 20.3. The molecule has 0 unspecified atom stereocenters. The highest BCUT2D eigenvalue weighted by Crippen LogP contribution is 2.44. The van der Waals surface area contributed by atoms with E-state index >= 15 is 13.2 Å². The number of hydrogen-bond donors (Lipinski definition) is 2. The number of anilines is 2. The lowest BCUT2D eigenvalue weighted by Crippen LogP contribution is -2.54. The lowest BCUT2D eigenvalue weighted by Gasteiger charge is -2.44. The first-order valence-electron chi connectivity index (χ1n) is 13.8. The summed E-state index contributed by atoms with van der Waals surface area (Å²) in [7, 11) is -3.69. The molecule has 224 valence electrons. The Hall–Kier alpha value is -2.88. The van der Waals surface area contributed by atoms with Crippen LogP contribution < -0.4 is 10.0 Å². The number of alkyl halides is 2. The van der Waals surface area contributed by atoms with Crippen molar-refractivity contribution in [3.05, 3.63) is 58.2 Å². The summed E-state index contributed by atoms with van der Waals surface area (Å²) in [6, 6.07) is 5.99. The number of likely N-dealkylation sites (tertiary alicyclic amines) is 1. The minimum absolute atomic E-state index is 0.0259. The third-order valence-electron chi connectivity index (χ3n) is 7.65. The van der Waals surface area contributed by atoms with Crippen molar-refractivity contribution in [1.29, 1.82) is 5.26 Å². The fourth-order valence-electron chi connectivity index (χ4n) is 5.73. The molecule has 2 aromatic rings. The Bertz CT molecular complexity index is 1390. The minimum atomic E-state index is -3.69. The van der Waals surface area contributed by atoms with Gasteiger partial charge < -0.3 is 5.32 Å². The van der Waals surface area contributed by atoms with Gasteiger partial charge in [0.25, 0.3) is 0 Å². The second-order valence-electron chi connectivity index (χ2n) is 11.5. The van der Waals surface area contributed by atoms with Gasteiger partial charge in [0.2, 0.25) is 10.0 Å². The largest absolute Gasteiger partial charge is 0.380 e. The number of rotatable bonds is 11. The Morgan fingerprint density at radius 2 is 1.83 bits per heavy atom. The van der Waals surface area contributed by atoms with Crippen molar-refractivity contribution in [2.24, 2.45) is 0 Å². The molecule has 4 rings (SSSR count). The predicted octanol–water partition coefficient (Wildman–Crippen LogP) is 5.14. The quantitative estimate of drug-likeness (QED) is 0.350. The predicted molar refractivity (Wildman–Crippen MR) is 152 cm³/mol. The van der Waals surface area contributed by atoms with E-state index in [9.17, 15) is 18.1 Å². The summed E-state index contributed by atoms with van der Waals surface area (Å²) in [6.07, 6.45) is 0.702. The van der Waals surface area contributed by atoms with E-state index in [1.807, 2.05) is 0 Å². The Morgan fingerprint density at radius 3 is 2.39 bits per heavy atom. The molecule has 0 bridgehead atoms. The molecule has 2 atom stereocenters. The van der Waals surface area contributed by atoms with Crippen LogP contribution in [0.5, 0.6) is 0 Å². The zero-order chi connectivity index (χ0) is 30.1. The van der Waals surface area contributed by atoms with E-state index in [2.05, 4.69) is 21.0 Å². The van der Waals surface area contributed by atoms with Crippen molar-refractivity contribution in [2.75, 3.05) is 48.6 Å². The van der Waals surface area contributed by atoms with E-state index in [4.69, 9.17) is 0 Å². The van der Waals surface area contributed by atoms with E-state index in [1.54, 1.807) is 17.9 Å². The number of halogens is 4. The molecule has 0 aliphatic carbocycles. The van der Waals surface area contributed by atoms with E-state index in [0.717, 1.165) is 0 Å². The number of nitrogens with zero attached hydrogens (tertiary/aromatic N) is 3. The first-order chi connectivity index (χ1) is 19.3. The van der Waals surface area contributed by atoms with Crippen molar-refractivity contribution in [2.45, 2.75) is 64.3 Å². The van der Waals surface area contributed by atoms with Gasteiger partial charge in [-0.3, -0.25) is 18.9 Å². The Balaban J connectivity index is 1.75. The smallest absolute Gasteiger partial charge is 0.232 e. The van der Waals surface area contributed by atoms with Gasteiger partial charge in [0, 0.05) is 43.5 Å². The van der Waals surface area contributed by atoms with Crippen LogP contribution in [0.3, 0.4) is 0 Å². The first kappa shape index (κ1) is 31.1. The maximum Gasteiger partial charge on any atom is 0.232 e. The van der Waals surface area contributed by atoms with Crippen LogP contribution in [0.4, 0.5) is 28.9 Å². The zero-order valence-corrected chi connectivity index (χ0v) is 24.6. The molecule has 2 aliphatic rings. The highest BCUT2D eigenvalue weighted by molar-refractivity contribution is 7.92. The van der Waals surface area contributed by atoms with Crippen LogP contribution in [-0.4, -0.2) is 74.6 Å². The third kappa shape index (κ3) is 6.96. The molecule has 41 heavy (non-hydrogen) atoms. The van der Waals surface area contributed by atoms with Gasteiger partial charge in [-0.15, -0.1) is 0 Å². The van der Waals surface area contributed by atoms with Crippen LogP contribution in [-0.2, 0) is 16.4 Å². The molecule has 0 aromatic heterocycles. The SMILES string of the molecule is CCS(=O)(=O)Nc1ccc2c(c1C#N)C[C@@H](C)N(CC(C)(C)F)[C@@H]2c1c(F)cc(NC2CN(CCCF)C2)cc1F. The lowest BCUT2D eigenvalue weighted by molar-refractivity contribution is 0.0652. The molecule has 1 fully saturated rings. The highest BCUT2D eigenvalue weighted by atomic mass is 32.2. The van der Waals surface area contributed by atoms with Crippen LogP contribution in [0.15, 0.2) is 24.3 Å². The van der Waals surface area contributed by atoms with Gasteiger partial charge in [-0.2, -0.15) is 5.26 Å². The number of nitrogens with one attached hydrogen (secondary N) is 2. The fraction of sp³-hybridized carbons (Fsp3) is 0.552. The fourth-order valence-corrected chi connectivity index (χ4v) is 6.38. The monoisotopic (exact) mass is 595 g/mol. The molecular weight excluding hydrogens is 558 g/mol. The highest BCUT2D eigenvalue weighted by Gasteiger charge is 2.41. The zero-order valence-electron chi connectivity index (χ0n) is 23.8. The average molecular weight is 596 g/mol. The number of sulfonamides is 1. The Kier molecular flexibility index (Phi) is 9.21. The third-order valence-corrected chi connectivity index (χ3v) is 8.94. The van der Waals surface area contributed by atoms with E-state index < -0.39 is 46.1 Å². The van der Waals surface area contributed by atoms with Crippen LogP contribution in [0.2, 0.25) is 0 Å². The number of benzene rings is 2. The van der Waals surface area contributed by atoms with Gasteiger partial charge in [-0.1, -0.05) is 6.07 Å². The number of fused-ring (bicyclic) bond motifs is 1. The summed E-state index contributed by atoms with van der Waals surface area (Å²) in [4.78, 5) is 3.75. The van der Waals surface area contributed by atoms with Gasteiger partial charge in [0.05, 0.1) is 35.8 Å². The number of hydrogen-bond acceptors (Lipinski definition) is 6. The molecule has 7 nitrogen and oxygen atoms in total. The summed E-state index contributed by atoms with van der Waals surface area (Å²) in [6.45, 7) is 7.44. The average Bonchev–Trinajstić information content (AvgIpc) is 2.85. The second kappa shape index (κ2) is 12.2. The molecule has 2 aliphatic heterocycles. The maximum absolute atomic E-state index is 15.9. The Labute approximate surface area is 239 Å². The lowest BCUT2D eigenvalue weighted by atomic mass is 9.81.